The molecule has 0 bridgehead atoms. The van der Waals surface area contributed by atoms with Crippen molar-refractivity contribution in [2.45, 2.75) is 12.5 Å². The molecule has 4 aromatic rings. The average Bonchev–Trinajstić information content (AvgIpc) is 3.14. The van der Waals surface area contributed by atoms with Gasteiger partial charge in [-0.3, -0.25) is 0 Å². The molecule has 2 heterocycles. The molecule has 0 aliphatic heterocycles. The molecule has 4 rings (SSSR count). The largest absolute Gasteiger partial charge is 0.478 e. The Morgan fingerprint density at radius 1 is 1.06 bits per heavy atom. The predicted molar refractivity (Wildman–Crippen MR) is 118 cm³/mol. The third kappa shape index (κ3) is 5.02. The fraction of sp³-hybridized carbons (Fsp3) is 0.0909. The minimum absolute atomic E-state index is 0.0331. The summed E-state index contributed by atoms with van der Waals surface area (Å²) < 4.78 is 38.0. The van der Waals surface area contributed by atoms with Crippen molar-refractivity contribution in [2.75, 3.05) is 10.6 Å². The number of carbonyl (C=O) groups is 1. The van der Waals surface area contributed by atoms with Crippen LogP contribution in [0.3, 0.4) is 0 Å². The summed E-state index contributed by atoms with van der Waals surface area (Å²) in [5.41, 5.74) is 1.51. The van der Waals surface area contributed by atoms with Crippen molar-refractivity contribution in [1.29, 1.82) is 0 Å². The Morgan fingerprint density at radius 3 is 2.45 bits per heavy atom. The highest BCUT2D eigenvalue weighted by atomic mass is 35.5. The summed E-state index contributed by atoms with van der Waals surface area (Å²) in [7, 11) is 0. The van der Waals surface area contributed by atoms with Crippen molar-refractivity contribution >= 4 is 40.0 Å². The molecule has 5 N–H and O–H groups in total. The number of rotatable bonds is 6. The fourth-order valence-electron chi connectivity index (χ4n) is 3.24. The molecule has 33 heavy (non-hydrogen) atoms. The van der Waals surface area contributed by atoms with Crippen molar-refractivity contribution in [3.05, 3.63) is 76.9 Å². The van der Waals surface area contributed by atoms with Crippen LogP contribution in [0.5, 0.6) is 0 Å². The number of nitrogens with zero attached hydrogens (tertiary/aromatic N) is 1. The molecule has 0 saturated carbocycles. The lowest BCUT2D eigenvalue weighted by Gasteiger charge is -2.17. The number of fused-ring (bicyclic) bond motifs is 1. The Bertz CT molecular complexity index is 1320. The number of anilines is 2. The molecule has 0 amide bonds. The number of H-pyrrole nitrogens is 1. The van der Waals surface area contributed by atoms with E-state index in [9.17, 15) is 28.2 Å². The quantitative estimate of drug-likeness (QED) is 0.238. The van der Waals surface area contributed by atoms with Gasteiger partial charge in [0.25, 0.3) is 0 Å². The lowest BCUT2D eigenvalue weighted by molar-refractivity contribution is -0.137. The standard InChI is InChI=1S/C22H16ClF3N4O3/c23-14-8-11(7-12(9-14)20(31)32)17-6-5-16-18(10-27-19(16)29-17)30-21(33)28-15-3-1-13(2-4-15)22(24,25)26/h1-10,21,28,30,33H,(H,27,29)(H,31,32). The summed E-state index contributed by atoms with van der Waals surface area (Å²) in [6.45, 7) is 0. The van der Waals surface area contributed by atoms with Crippen molar-refractivity contribution in [3.63, 3.8) is 0 Å². The fourth-order valence-corrected chi connectivity index (χ4v) is 3.48. The maximum Gasteiger partial charge on any atom is 0.416 e. The van der Waals surface area contributed by atoms with E-state index >= 15 is 0 Å². The van der Waals surface area contributed by atoms with E-state index in [1.165, 1.54) is 24.3 Å². The van der Waals surface area contributed by atoms with Gasteiger partial charge in [0.1, 0.15) is 5.65 Å². The molecule has 170 valence electrons. The summed E-state index contributed by atoms with van der Waals surface area (Å²) >= 11 is 6.02. The summed E-state index contributed by atoms with van der Waals surface area (Å²) in [4.78, 5) is 18.7. The van der Waals surface area contributed by atoms with Crippen molar-refractivity contribution in [1.82, 2.24) is 9.97 Å². The van der Waals surface area contributed by atoms with Crippen molar-refractivity contribution in [3.8, 4) is 11.3 Å². The van der Waals surface area contributed by atoms with E-state index in [-0.39, 0.29) is 10.6 Å². The van der Waals surface area contributed by atoms with Crippen LogP contribution in [-0.2, 0) is 6.18 Å². The van der Waals surface area contributed by atoms with Gasteiger partial charge in [0.15, 0.2) is 0 Å². The van der Waals surface area contributed by atoms with Crippen LogP contribution in [-0.4, -0.2) is 32.5 Å². The first-order valence-corrected chi connectivity index (χ1v) is 9.89. The van der Waals surface area contributed by atoms with Gasteiger partial charge in [-0.1, -0.05) is 11.6 Å². The second-order valence-corrected chi connectivity index (χ2v) is 7.53. The zero-order chi connectivity index (χ0) is 23.8. The second-order valence-electron chi connectivity index (χ2n) is 7.10. The van der Waals surface area contributed by atoms with Crippen LogP contribution >= 0.6 is 11.6 Å². The molecule has 0 aliphatic rings. The second kappa shape index (κ2) is 8.64. The van der Waals surface area contributed by atoms with Gasteiger partial charge in [0.2, 0.25) is 6.35 Å². The monoisotopic (exact) mass is 476 g/mol. The summed E-state index contributed by atoms with van der Waals surface area (Å²) in [6.07, 6.45) is -4.17. The molecule has 0 aliphatic carbocycles. The number of aliphatic hydroxyl groups is 1. The maximum atomic E-state index is 12.7. The van der Waals surface area contributed by atoms with E-state index in [4.69, 9.17) is 11.6 Å². The third-order valence-corrected chi connectivity index (χ3v) is 5.01. The number of aliphatic hydroxyl groups excluding tert-OH is 1. The zero-order valence-corrected chi connectivity index (χ0v) is 17.4. The van der Waals surface area contributed by atoms with Gasteiger partial charge in [-0.25, -0.2) is 9.78 Å². The number of halogens is 4. The highest BCUT2D eigenvalue weighted by molar-refractivity contribution is 6.31. The SMILES string of the molecule is O=C(O)c1cc(Cl)cc(-c2ccc3c(NC(O)Nc4ccc(C(F)(F)F)cc4)c[nH]c3n2)c1. The number of carboxylic acids is 1. The smallest absolute Gasteiger partial charge is 0.416 e. The van der Waals surface area contributed by atoms with Gasteiger partial charge in [-0.2, -0.15) is 13.2 Å². The Kier molecular flexibility index (Phi) is 5.88. The predicted octanol–water partition coefficient (Wildman–Crippen LogP) is 5.40. The minimum atomic E-state index is -4.44. The van der Waals surface area contributed by atoms with Crippen LogP contribution in [0, 0.1) is 0 Å². The molecule has 2 aromatic carbocycles. The molecule has 0 radical (unpaired) electrons. The molecule has 2 aromatic heterocycles. The number of benzene rings is 2. The molecule has 7 nitrogen and oxygen atoms in total. The van der Waals surface area contributed by atoms with Crippen molar-refractivity contribution < 1.29 is 28.2 Å². The van der Waals surface area contributed by atoms with E-state index < -0.39 is 24.1 Å². The molecule has 0 fully saturated rings. The number of hydrogen-bond acceptors (Lipinski definition) is 5. The molecular weight excluding hydrogens is 461 g/mol. The van der Waals surface area contributed by atoms with Gasteiger partial charge >= 0.3 is 12.1 Å². The van der Waals surface area contributed by atoms with Crippen LogP contribution < -0.4 is 10.6 Å². The molecule has 1 atom stereocenters. The zero-order valence-electron chi connectivity index (χ0n) is 16.6. The third-order valence-electron chi connectivity index (χ3n) is 4.79. The first kappa shape index (κ1) is 22.4. The first-order chi connectivity index (χ1) is 15.6. The Balaban J connectivity index is 1.51. The van der Waals surface area contributed by atoms with Crippen molar-refractivity contribution in [2.24, 2.45) is 0 Å². The van der Waals surface area contributed by atoms with Crippen LogP contribution in [0.25, 0.3) is 22.3 Å². The highest BCUT2D eigenvalue weighted by Gasteiger charge is 2.30. The van der Waals surface area contributed by atoms with Gasteiger partial charge in [0, 0.05) is 27.9 Å². The highest BCUT2D eigenvalue weighted by Crippen LogP contribution is 2.31. The number of alkyl halides is 3. The van der Waals surface area contributed by atoms with E-state index in [2.05, 4.69) is 20.6 Å². The Hall–Kier alpha value is -3.76. The van der Waals surface area contributed by atoms with Gasteiger partial charge in [-0.05, 0) is 54.6 Å². The van der Waals surface area contributed by atoms with E-state index in [1.807, 2.05) is 0 Å². The van der Waals surface area contributed by atoms with Gasteiger partial charge in [-0.15, -0.1) is 0 Å². The number of aromatic nitrogens is 2. The summed E-state index contributed by atoms with van der Waals surface area (Å²) in [5.74, 6) is -1.11. The molecule has 0 saturated heterocycles. The number of aromatic amines is 1. The number of nitrogens with one attached hydrogen (secondary N) is 3. The molecular formula is C22H16ClF3N4O3. The van der Waals surface area contributed by atoms with E-state index in [0.29, 0.717) is 33.7 Å². The summed E-state index contributed by atoms with van der Waals surface area (Å²) in [6, 6.07) is 12.1. The van der Waals surface area contributed by atoms with Gasteiger partial charge in [0.05, 0.1) is 22.5 Å². The van der Waals surface area contributed by atoms with Crippen LogP contribution in [0.2, 0.25) is 5.02 Å². The Labute approximate surface area is 189 Å². The normalized spacial score (nSPS) is 12.5. The van der Waals surface area contributed by atoms with Crippen LogP contribution in [0.1, 0.15) is 15.9 Å². The molecule has 1 unspecified atom stereocenters. The maximum absolute atomic E-state index is 12.7. The lowest BCUT2D eigenvalue weighted by Crippen LogP contribution is -2.27. The van der Waals surface area contributed by atoms with Gasteiger partial charge < -0.3 is 25.8 Å². The van der Waals surface area contributed by atoms with Crippen LogP contribution in [0.15, 0.2) is 60.8 Å². The topological polar surface area (TPSA) is 110 Å². The lowest BCUT2D eigenvalue weighted by atomic mass is 10.1. The molecule has 11 heteroatoms. The van der Waals surface area contributed by atoms with Crippen LogP contribution in [0.4, 0.5) is 24.5 Å². The number of carboxylic acid groups (broad SMARTS) is 1. The number of pyridine rings is 1. The van der Waals surface area contributed by atoms with E-state index in [0.717, 1.165) is 12.1 Å². The minimum Gasteiger partial charge on any atom is -0.478 e. The molecule has 0 spiro atoms. The average molecular weight is 477 g/mol. The number of aromatic carboxylic acids is 1. The first-order valence-electron chi connectivity index (χ1n) is 9.51. The Morgan fingerprint density at radius 2 is 1.79 bits per heavy atom. The van der Waals surface area contributed by atoms with E-state index in [1.54, 1.807) is 24.4 Å². The number of hydrogen-bond donors (Lipinski definition) is 5. The summed E-state index contributed by atoms with van der Waals surface area (Å²) in [5, 5.41) is 25.8.